The first-order chi connectivity index (χ1) is 16.7. The molecule has 0 unspecified atom stereocenters. The van der Waals surface area contributed by atoms with Gasteiger partial charge in [-0.15, -0.1) is 0 Å². The van der Waals surface area contributed by atoms with Crippen LogP contribution in [-0.4, -0.2) is 45.5 Å². The molecule has 0 spiro atoms. The molecule has 1 aliphatic rings. The van der Waals surface area contributed by atoms with Crippen LogP contribution in [0.1, 0.15) is 44.6 Å². The fourth-order valence-electron chi connectivity index (χ4n) is 4.21. The van der Waals surface area contributed by atoms with E-state index in [1.165, 1.54) is 29.2 Å². The molecule has 3 rings (SSSR count). The number of amides is 3. The summed E-state index contributed by atoms with van der Waals surface area (Å²) in [5.74, 6) is -2.55. The third-order valence-electron chi connectivity index (χ3n) is 6.07. The number of carbonyl (C=O) groups is 3. The number of rotatable bonds is 9. The van der Waals surface area contributed by atoms with Crippen molar-refractivity contribution < 1.29 is 23.0 Å². The van der Waals surface area contributed by atoms with Gasteiger partial charge in [0, 0.05) is 28.2 Å². The zero-order valence-corrected chi connectivity index (χ0v) is 20.9. The largest absolute Gasteiger partial charge is 0.352 e. The zero-order chi connectivity index (χ0) is 25.4. The molecule has 1 fully saturated rings. The molecule has 2 atom stereocenters. The average molecular weight is 502 g/mol. The lowest BCUT2D eigenvalue weighted by Gasteiger charge is -2.32. The monoisotopic (exact) mass is 501 g/mol. The fraction of sp³-hybridized carbons (Fsp3) is 0.423. The molecule has 0 radical (unpaired) electrons. The number of hydrogen-bond acceptors (Lipinski definition) is 4. The minimum Gasteiger partial charge on any atom is -0.352 e. The van der Waals surface area contributed by atoms with Crippen LogP contribution < -0.4 is 15.5 Å². The highest BCUT2D eigenvalue weighted by Gasteiger charge is 2.31. The van der Waals surface area contributed by atoms with Crippen molar-refractivity contribution in [2.24, 2.45) is 0 Å². The van der Waals surface area contributed by atoms with Crippen LogP contribution in [0.3, 0.4) is 0 Å². The van der Waals surface area contributed by atoms with E-state index in [1.807, 2.05) is 19.1 Å². The second kappa shape index (κ2) is 12.6. The molecule has 2 N–H and O–H groups in total. The lowest BCUT2D eigenvalue weighted by atomic mass is 9.95. The summed E-state index contributed by atoms with van der Waals surface area (Å²) in [7, 11) is -1.80. The number of aryl methyl sites for hydroxylation is 1. The number of para-hydroxylation sites is 1. The summed E-state index contributed by atoms with van der Waals surface area (Å²) in [5.41, 5.74) is 1.74. The zero-order valence-electron chi connectivity index (χ0n) is 20.1. The van der Waals surface area contributed by atoms with Crippen LogP contribution in [0.15, 0.2) is 48.5 Å². The number of carbonyl (C=O) groups excluding carboxylic acids is 3. The van der Waals surface area contributed by atoms with Crippen LogP contribution in [0.25, 0.3) is 0 Å². The van der Waals surface area contributed by atoms with Gasteiger partial charge >= 0.3 is 0 Å². The summed E-state index contributed by atoms with van der Waals surface area (Å²) in [4.78, 5) is 40.0. The van der Waals surface area contributed by atoms with Crippen LogP contribution in [0.2, 0.25) is 0 Å². The SMILES string of the molecule is Cc1ccccc1N(C(=O)C[S@](=O)CC(=O)Nc1ccc(F)cc1)[C@@H](C)C(=O)NC1CCCCC1. The Morgan fingerprint density at radius 1 is 1.03 bits per heavy atom. The Kier molecular flexibility index (Phi) is 9.54. The number of nitrogens with one attached hydrogen (secondary N) is 2. The maximum absolute atomic E-state index is 13.3. The smallest absolute Gasteiger partial charge is 0.243 e. The minimum absolute atomic E-state index is 0.0943. The minimum atomic E-state index is -1.80. The van der Waals surface area contributed by atoms with Gasteiger partial charge < -0.3 is 10.6 Å². The maximum Gasteiger partial charge on any atom is 0.243 e. The Morgan fingerprint density at radius 3 is 2.34 bits per heavy atom. The molecule has 2 aromatic carbocycles. The van der Waals surface area contributed by atoms with Gasteiger partial charge in [0.25, 0.3) is 0 Å². The summed E-state index contributed by atoms with van der Waals surface area (Å²) in [6.45, 7) is 3.50. The number of anilines is 2. The maximum atomic E-state index is 13.3. The molecule has 3 amide bonds. The van der Waals surface area contributed by atoms with E-state index in [0.717, 1.165) is 37.7 Å². The van der Waals surface area contributed by atoms with Crippen molar-refractivity contribution in [3.63, 3.8) is 0 Å². The Balaban J connectivity index is 1.68. The average Bonchev–Trinajstić information content (AvgIpc) is 2.82. The molecule has 0 aliphatic heterocycles. The Hall–Kier alpha value is -3.07. The fourth-order valence-corrected chi connectivity index (χ4v) is 5.09. The molecule has 35 heavy (non-hydrogen) atoms. The van der Waals surface area contributed by atoms with Crippen LogP contribution in [-0.2, 0) is 25.2 Å². The van der Waals surface area contributed by atoms with Crippen LogP contribution in [0.5, 0.6) is 0 Å². The predicted octanol–water partition coefficient (Wildman–Crippen LogP) is 3.69. The van der Waals surface area contributed by atoms with Gasteiger partial charge in [-0.3, -0.25) is 23.5 Å². The van der Waals surface area contributed by atoms with E-state index < -0.39 is 46.0 Å². The van der Waals surface area contributed by atoms with Crippen LogP contribution in [0, 0.1) is 12.7 Å². The van der Waals surface area contributed by atoms with Gasteiger partial charge in [0.1, 0.15) is 23.4 Å². The third kappa shape index (κ3) is 7.71. The standard InChI is InChI=1S/C26H32FN3O4S/c1-18-8-6-7-11-23(18)30(19(2)26(33)29-21-9-4-3-5-10-21)25(32)17-35(34)16-24(31)28-22-14-12-20(27)13-15-22/h6-8,11-15,19,21H,3-5,9-10,16-17H2,1-2H3,(H,28,31)(H,29,33)/t19-,35+/m0/s1. The Labute approximate surface area is 207 Å². The molecule has 9 heteroatoms. The Morgan fingerprint density at radius 2 is 1.69 bits per heavy atom. The van der Waals surface area contributed by atoms with E-state index in [-0.39, 0.29) is 11.9 Å². The second-order valence-electron chi connectivity index (χ2n) is 8.85. The topological polar surface area (TPSA) is 95.6 Å². The molecule has 0 heterocycles. The predicted molar refractivity (Wildman–Crippen MR) is 136 cm³/mol. The van der Waals surface area contributed by atoms with E-state index in [2.05, 4.69) is 10.6 Å². The van der Waals surface area contributed by atoms with E-state index in [1.54, 1.807) is 19.1 Å². The van der Waals surface area contributed by atoms with Crippen molar-refractivity contribution in [2.45, 2.75) is 58.0 Å². The quantitative estimate of drug-likeness (QED) is 0.548. The van der Waals surface area contributed by atoms with Gasteiger partial charge in [-0.2, -0.15) is 0 Å². The van der Waals surface area contributed by atoms with Crippen molar-refractivity contribution in [3.8, 4) is 0 Å². The van der Waals surface area contributed by atoms with Crippen molar-refractivity contribution >= 4 is 39.9 Å². The third-order valence-corrected chi connectivity index (χ3v) is 7.22. The molecule has 0 saturated heterocycles. The van der Waals surface area contributed by atoms with Crippen molar-refractivity contribution in [1.82, 2.24) is 5.32 Å². The number of nitrogens with zero attached hydrogens (tertiary/aromatic N) is 1. The summed E-state index contributed by atoms with van der Waals surface area (Å²) >= 11 is 0. The molecular weight excluding hydrogens is 469 g/mol. The molecule has 1 saturated carbocycles. The lowest BCUT2D eigenvalue weighted by Crippen LogP contribution is -2.52. The van der Waals surface area contributed by atoms with Crippen molar-refractivity contribution in [1.29, 1.82) is 0 Å². The highest BCUT2D eigenvalue weighted by Crippen LogP contribution is 2.23. The van der Waals surface area contributed by atoms with Gasteiger partial charge in [0.05, 0.1) is 0 Å². The van der Waals surface area contributed by atoms with E-state index >= 15 is 0 Å². The molecule has 188 valence electrons. The molecule has 2 aromatic rings. The summed E-state index contributed by atoms with van der Waals surface area (Å²) in [6.07, 6.45) is 5.14. The van der Waals surface area contributed by atoms with Gasteiger partial charge in [0.2, 0.25) is 17.7 Å². The first-order valence-electron chi connectivity index (χ1n) is 11.8. The van der Waals surface area contributed by atoms with E-state index in [9.17, 15) is 23.0 Å². The molecule has 1 aliphatic carbocycles. The van der Waals surface area contributed by atoms with E-state index in [0.29, 0.717) is 11.4 Å². The lowest BCUT2D eigenvalue weighted by molar-refractivity contribution is -0.126. The van der Waals surface area contributed by atoms with Gasteiger partial charge in [0.15, 0.2) is 0 Å². The Bertz CT molecular complexity index is 1070. The summed E-state index contributed by atoms with van der Waals surface area (Å²) < 4.78 is 25.7. The van der Waals surface area contributed by atoms with Crippen LogP contribution >= 0.6 is 0 Å². The summed E-state index contributed by atoms with van der Waals surface area (Å²) in [5, 5.41) is 5.60. The number of halogens is 1. The van der Waals surface area contributed by atoms with Crippen molar-refractivity contribution in [2.75, 3.05) is 21.7 Å². The molecule has 7 nitrogen and oxygen atoms in total. The highest BCUT2D eigenvalue weighted by atomic mass is 32.2. The molecule has 0 aromatic heterocycles. The number of benzene rings is 2. The van der Waals surface area contributed by atoms with Gasteiger partial charge in [-0.05, 0) is 62.6 Å². The first kappa shape index (κ1) is 26.5. The first-order valence-corrected chi connectivity index (χ1v) is 13.3. The van der Waals surface area contributed by atoms with Gasteiger partial charge in [-0.25, -0.2) is 4.39 Å². The van der Waals surface area contributed by atoms with Gasteiger partial charge in [-0.1, -0.05) is 37.5 Å². The van der Waals surface area contributed by atoms with Crippen molar-refractivity contribution in [3.05, 3.63) is 59.9 Å². The molecule has 0 bridgehead atoms. The normalized spacial score (nSPS) is 15.6. The molecular formula is C26H32FN3O4S. The number of hydrogen-bond donors (Lipinski definition) is 2. The van der Waals surface area contributed by atoms with Crippen LogP contribution in [0.4, 0.5) is 15.8 Å². The second-order valence-corrected chi connectivity index (χ2v) is 10.3. The highest BCUT2D eigenvalue weighted by molar-refractivity contribution is 7.86. The van der Waals surface area contributed by atoms with E-state index in [4.69, 9.17) is 0 Å². The summed E-state index contributed by atoms with van der Waals surface area (Å²) in [6, 6.07) is 11.7.